The van der Waals surface area contributed by atoms with Crippen molar-refractivity contribution in [3.05, 3.63) is 66.2 Å². The van der Waals surface area contributed by atoms with Crippen molar-refractivity contribution in [3.63, 3.8) is 0 Å². The maximum absolute atomic E-state index is 14.0. The molecule has 3 aromatic rings. The van der Waals surface area contributed by atoms with Crippen LogP contribution in [-0.2, 0) is 4.79 Å². The summed E-state index contributed by atoms with van der Waals surface area (Å²) in [5.41, 5.74) is 2.30. The Morgan fingerprint density at radius 3 is 2.74 bits per heavy atom. The number of benzene rings is 2. The molecule has 1 amide bonds. The lowest BCUT2D eigenvalue weighted by Crippen LogP contribution is -2.16. The van der Waals surface area contributed by atoms with E-state index < -0.39 is 0 Å². The van der Waals surface area contributed by atoms with E-state index in [1.807, 2.05) is 24.3 Å². The Morgan fingerprint density at radius 2 is 1.96 bits per heavy atom. The van der Waals surface area contributed by atoms with Crippen LogP contribution in [0.4, 0.5) is 10.1 Å². The molecule has 0 bridgehead atoms. The Morgan fingerprint density at radius 1 is 1.22 bits per heavy atom. The number of para-hydroxylation sites is 2. The van der Waals surface area contributed by atoms with Gasteiger partial charge >= 0.3 is 0 Å². The molecule has 0 aliphatic heterocycles. The fourth-order valence-corrected chi connectivity index (χ4v) is 3.43. The largest absolute Gasteiger partial charge is 0.325 e. The van der Waals surface area contributed by atoms with E-state index in [1.165, 1.54) is 24.2 Å². The number of thioether (sulfide) groups is 1. The molecule has 1 N–H and O–H groups in total. The van der Waals surface area contributed by atoms with Crippen molar-refractivity contribution in [2.45, 2.75) is 31.3 Å². The molecule has 1 heterocycles. The second-order valence-electron chi connectivity index (χ2n) is 6.17. The molecule has 0 radical (unpaired) electrons. The third kappa shape index (κ3) is 4.54. The highest BCUT2D eigenvalue weighted by Crippen LogP contribution is 2.27. The van der Waals surface area contributed by atoms with Gasteiger partial charge in [-0.3, -0.25) is 9.36 Å². The summed E-state index contributed by atoms with van der Waals surface area (Å²) in [5, 5.41) is 11.3. The molecular formula is C20H21FN4OS. The maximum Gasteiger partial charge on any atom is 0.234 e. The number of anilines is 1. The van der Waals surface area contributed by atoms with Gasteiger partial charge in [0.25, 0.3) is 0 Å². The second-order valence-corrected chi connectivity index (χ2v) is 7.11. The SMILES string of the molecule is CC[C@@H](C)c1ccccc1NC(=O)CSc1nncn1-c1ccccc1F. The molecular weight excluding hydrogens is 363 g/mol. The van der Waals surface area contributed by atoms with E-state index in [2.05, 4.69) is 29.4 Å². The Kier molecular flexibility index (Phi) is 6.24. The molecule has 7 heteroatoms. The van der Waals surface area contributed by atoms with Gasteiger partial charge in [-0.05, 0) is 36.1 Å². The molecule has 1 atom stereocenters. The van der Waals surface area contributed by atoms with Crippen LogP contribution in [0.5, 0.6) is 0 Å². The van der Waals surface area contributed by atoms with Crippen LogP contribution in [0.1, 0.15) is 31.7 Å². The average Bonchev–Trinajstić information content (AvgIpc) is 3.15. The molecule has 0 unspecified atom stereocenters. The number of rotatable bonds is 7. The van der Waals surface area contributed by atoms with E-state index >= 15 is 0 Å². The summed E-state index contributed by atoms with van der Waals surface area (Å²) in [4.78, 5) is 12.4. The molecule has 5 nitrogen and oxygen atoms in total. The minimum Gasteiger partial charge on any atom is -0.325 e. The Hall–Kier alpha value is -2.67. The number of nitrogens with one attached hydrogen (secondary N) is 1. The first-order valence-corrected chi connectivity index (χ1v) is 9.75. The topological polar surface area (TPSA) is 59.8 Å². The van der Waals surface area contributed by atoms with Crippen molar-refractivity contribution in [2.24, 2.45) is 0 Å². The number of hydrogen-bond donors (Lipinski definition) is 1. The third-order valence-corrected chi connectivity index (χ3v) is 5.28. The van der Waals surface area contributed by atoms with E-state index in [0.717, 1.165) is 17.7 Å². The van der Waals surface area contributed by atoms with Gasteiger partial charge in [0.1, 0.15) is 12.1 Å². The molecule has 0 aliphatic rings. The standard InChI is InChI=1S/C20H21FN4OS/c1-3-14(2)15-8-4-6-10-17(15)23-19(26)12-27-20-24-22-13-25(20)18-11-7-5-9-16(18)21/h4-11,13-14H,3,12H2,1-2H3,(H,23,26)/t14-/m1/s1. The lowest BCUT2D eigenvalue weighted by atomic mass is 9.97. The summed E-state index contributed by atoms with van der Waals surface area (Å²) in [6.07, 6.45) is 2.43. The summed E-state index contributed by atoms with van der Waals surface area (Å²) in [6.45, 7) is 4.26. The lowest BCUT2D eigenvalue weighted by molar-refractivity contribution is -0.113. The van der Waals surface area contributed by atoms with Gasteiger partial charge in [0.15, 0.2) is 5.16 Å². The first-order chi connectivity index (χ1) is 13.1. The summed E-state index contributed by atoms with van der Waals surface area (Å²) < 4.78 is 15.5. The molecule has 27 heavy (non-hydrogen) atoms. The summed E-state index contributed by atoms with van der Waals surface area (Å²) in [5.74, 6) is 0.00496. The van der Waals surface area contributed by atoms with Crippen molar-refractivity contribution in [3.8, 4) is 5.69 Å². The molecule has 2 aromatic carbocycles. The zero-order chi connectivity index (χ0) is 19.2. The highest BCUT2D eigenvalue weighted by atomic mass is 32.2. The highest BCUT2D eigenvalue weighted by molar-refractivity contribution is 7.99. The summed E-state index contributed by atoms with van der Waals surface area (Å²) in [7, 11) is 0. The number of carbonyl (C=O) groups is 1. The lowest BCUT2D eigenvalue weighted by Gasteiger charge is -2.15. The van der Waals surface area contributed by atoms with Crippen LogP contribution in [-0.4, -0.2) is 26.4 Å². The van der Waals surface area contributed by atoms with E-state index in [-0.39, 0.29) is 17.5 Å². The van der Waals surface area contributed by atoms with Crippen LogP contribution >= 0.6 is 11.8 Å². The number of amides is 1. The quantitative estimate of drug-likeness (QED) is 0.602. The molecule has 0 spiro atoms. The van der Waals surface area contributed by atoms with Crippen LogP contribution in [0.3, 0.4) is 0 Å². The number of halogens is 1. The van der Waals surface area contributed by atoms with Crippen molar-refractivity contribution < 1.29 is 9.18 Å². The fraction of sp³-hybridized carbons (Fsp3) is 0.250. The smallest absolute Gasteiger partial charge is 0.234 e. The molecule has 0 saturated carbocycles. The number of aromatic nitrogens is 3. The highest BCUT2D eigenvalue weighted by Gasteiger charge is 2.14. The van der Waals surface area contributed by atoms with Crippen LogP contribution in [0.25, 0.3) is 5.69 Å². The van der Waals surface area contributed by atoms with Crippen LogP contribution in [0, 0.1) is 5.82 Å². The maximum atomic E-state index is 14.0. The van der Waals surface area contributed by atoms with Gasteiger partial charge in [0.2, 0.25) is 5.91 Å². The van der Waals surface area contributed by atoms with E-state index in [4.69, 9.17) is 0 Å². The van der Waals surface area contributed by atoms with Gasteiger partial charge in [-0.1, -0.05) is 55.9 Å². The molecule has 3 rings (SSSR count). The van der Waals surface area contributed by atoms with Crippen molar-refractivity contribution in [2.75, 3.05) is 11.1 Å². The van der Waals surface area contributed by atoms with E-state index in [1.54, 1.807) is 22.8 Å². The minimum atomic E-state index is -0.369. The zero-order valence-corrected chi connectivity index (χ0v) is 16.0. The Labute approximate surface area is 162 Å². The number of nitrogens with zero attached hydrogens (tertiary/aromatic N) is 3. The first kappa shape index (κ1) is 19.1. The second kappa shape index (κ2) is 8.81. The van der Waals surface area contributed by atoms with Crippen LogP contribution in [0.15, 0.2) is 60.0 Å². The third-order valence-electron chi connectivity index (χ3n) is 4.34. The predicted molar refractivity (Wildman–Crippen MR) is 106 cm³/mol. The van der Waals surface area contributed by atoms with Crippen molar-refractivity contribution in [1.82, 2.24) is 14.8 Å². The van der Waals surface area contributed by atoms with E-state index in [0.29, 0.717) is 16.8 Å². The average molecular weight is 384 g/mol. The molecule has 0 aliphatic carbocycles. The van der Waals surface area contributed by atoms with Gasteiger partial charge in [-0.15, -0.1) is 10.2 Å². The number of carbonyl (C=O) groups excluding carboxylic acids is 1. The molecule has 140 valence electrons. The summed E-state index contributed by atoms with van der Waals surface area (Å²) >= 11 is 1.22. The molecule has 0 fully saturated rings. The normalized spacial score (nSPS) is 12.0. The first-order valence-electron chi connectivity index (χ1n) is 8.76. The van der Waals surface area contributed by atoms with Gasteiger partial charge < -0.3 is 5.32 Å². The molecule has 0 saturated heterocycles. The van der Waals surface area contributed by atoms with Gasteiger partial charge in [0, 0.05) is 5.69 Å². The molecule has 1 aromatic heterocycles. The predicted octanol–water partition coefficient (Wildman–Crippen LogP) is 4.65. The van der Waals surface area contributed by atoms with Crippen LogP contribution < -0.4 is 5.32 Å². The van der Waals surface area contributed by atoms with Crippen molar-refractivity contribution >= 4 is 23.4 Å². The van der Waals surface area contributed by atoms with Crippen LogP contribution in [0.2, 0.25) is 0 Å². The Bertz CT molecular complexity index is 928. The zero-order valence-electron chi connectivity index (χ0n) is 15.2. The van der Waals surface area contributed by atoms with E-state index in [9.17, 15) is 9.18 Å². The van der Waals surface area contributed by atoms with Gasteiger partial charge in [-0.25, -0.2) is 4.39 Å². The minimum absolute atomic E-state index is 0.140. The number of hydrogen-bond acceptors (Lipinski definition) is 4. The van der Waals surface area contributed by atoms with Gasteiger partial charge in [-0.2, -0.15) is 0 Å². The monoisotopic (exact) mass is 384 g/mol. The summed E-state index contributed by atoms with van der Waals surface area (Å²) in [6, 6.07) is 14.2. The van der Waals surface area contributed by atoms with Crippen molar-refractivity contribution in [1.29, 1.82) is 0 Å². The fourth-order valence-electron chi connectivity index (χ4n) is 2.71. The van der Waals surface area contributed by atoms with Gasteiger partial charge in [0.05, 0.1) is 11.4 Å². The Balaban J connectivity index is 1.68.